The standard InChI is InChI=1S/C19H22N2O2/c1-13(2)19(23)21-17(18(20)22)12-14-8-10-16(11-9-14)15-6-4-3-5-7-15/h3-11,13,17H,12H2,1-2H3,(H2,20,22)(H,21,23)/t17-/m0/s1. The van der Waals surface area contributed by atoms with Crippen LogP contribution in [0.1, 0.15) is 19.4 Å². The summed E-state index contributed by atoms with van der Waals surface area (Å²) in [6, 6.07) is 17.3. The fraction of sp³-hybridized carbons (Fsp3) is 0.263. The van der Waals surface area contributed by atoms with E-state index < -0.39 is 11.9 Å². The quantitative estimate of drug-likeness (QED) is 0.860. The van der Waals surface area contributed by atoms with E-state index in [4.69, 9.17) is 5.73 Å². The van der Waals surface area contributed by atoms with Gasteiger partial charge in [-0.1, -0.05) is 68.4 Å². The highest BCUT2D eigenvalue weighted by molar-refractivity contribution is 5.87. The number of nitrogens with two attached hydrogens (primary N) is 1. The Labute approximate surface area is 136 Å². The number of carbonyl (C=O) groups excluding carboxylic acids is 2. The zero-order valence-electron chi connectivity index (χ0n) is 13.5. The van der Waals surface area contributed by atoms with Gasteiger partial charge in [-0.3, -0.25) is 9.59 Å². The second-order valence-corrected chi connectivity index (χ2v) is 5.89. The van der Waals surface area contributed by atoms with E-state index in [1.165, 1.54) is 0 Å². The molecule has 0 saturated heterocycles. The van der Waals surface area contributed by atoms with E-state index in [1.807, 2.05) is 54.6 Å². The molecule has 0 aliphatic heterocycles. The molecule has 0 unspecified atom stereocenters. The van der Waals surface area contributed by atoms with E-state index in [-0.39, 0.29) is 11.8 Å². The smallest absolute Gasteiger partial charge is 0.240 e. The zero-order chi connectivity index (χ0) is 16.8. The van der Waals surface area contributed by atoms with Gasteiger partial charge in [0.05, 0.1) is 0 Å². The van der Waals surface area contributed by atoms with Crippen molar-refractivity contribution >= 4 is 11.8 Å². The fourth-order valence-electron chi connectivity index (χ4n) is 2.26. The molecular weight excluding hydrogens is 288 g/mol. The van der Waals surface area contributed by atoms with Crippen molar-refractivity contribution in [3.05, 3.63) is 60.2 Å². The Kier molecular flexibility index (Phi) is 5.52. The molecule has 3 N–H and O–H groups in total. The van der Waals surface area contributed by atoms with E-state index in [0.29, 0.717) is 6.42 Å². The molecule has 0 saturated carbocycles. The van der Waals surface area contributed by atoms with Crippen LogP contribution in [0.4, 0.5) is 0 Å². The van der Waals surface area contributed by atoms with Gasteiger partial charge in [0, 0.05) is 12.3 Å². The summed E-state index contributed by atoms with van der Waals surface area (Å²) in [7, 11) is 0. The molecule has 0 fully saturated rings. The fourth-order valence-corrected chi connectivity index (χ4v) is 2.26. The predicted octanol–water partition coefficient (Wildman–Crippen LogP) is 2.52. The molecule has 0 aliphatic rings. The van der Waals surface area contributed by atoms with Crippen molar-refractivity contribution in [3.63, 3.8) is 0 Å². The Morgan fingerprint density at radius 3 is 2.04 bits per heavy atom. The Morgan fingerprint density at radius 1 is 0.957 bits per heavy atom. The number of benzene rings is 2. The van der Waals surface area contributed by atoms with Crippen molar-refractivity contribution in [2.24, 2.45) is 11.7 Å². The molecule has 2 aromatic rings. The first-order valence-electron chi connectivity index (χ1n) is 7.71. The Balaban J connectivity index is 2.09. The maximum atomic E-state index is 11.8. The Bertz CT molecular complexity index is 664. The molecule has 2 rings (SSSR count). The average Bonchev–Trinajstić information content (AvgIpc) is 2.55. The number of rotatable bonds is 6. The Hall–Kier alpha value is -2.62. The first-order valence-corrected chi connectivity index (χ1v) is 7.71. The van der Waals surface area contributed by atoms with Gasteiger partial charge in [-0.2, -0.15) is 0 Å². The van der Waals surface area contributed by atoms with Crippen molar-refractivity contribution in [3.8, 4) is 11.1 Å². The normalized spacial score (nSPS) is 12.0. The summed E-state index contributed by atoms with van der Waals surface area (Å²) in [5, 5.41) is 2.70. The minimum Gasteiger partial charge on any atom is -0.368 e. The van der Waals surface area contributed by atoms with Crippen LogP contribution >= 0.6 is 0 Å². The molecule has 0 bridgehead atoms. The highest BCUT2D eigenvalue weighted by Gasteiger charge is 2.20. The van der Waals surface area contributed by atoms with Gasteiger partial charge in [-0.25, -0.2) is 0 Å². The summed E-state index contributed by atoms with van der Waals surface area (Å²) < 4.78 is 0. The van der Waals surface area contributed by atoms with Crippen LogP contribution in [0.5, 0.6) is 0 Å². The summed E-state index contributed by atoms with van der Waals surface area (Å²) in [6.45, 7) is 3.56. The van der Waals surface area contributed by atoms with Crippen LogP contribution in [0, 0.1) is 5.92 Å². The molecule has 0 heterocycles. The third kappa shape index (κ3) is 4.68. The minimum absolute atomic E-state index is 0.172. The van der Waals surface area contributed by atoms with Crippen LogP contribution < -0.4 is 11.1 Å². The monoisotopic (exact) mass is 310 g/mol. The van der Waals surface area contributed by atoms with Crippen molar-refractivity contribution < 1.29 is 9.59 Å². The van der Waals surface area contributed by atoms with Crippen LogP contribution in [-0.2, 0) is 16.0 Å². The summed E-state index contributed by atoms with van der Waals surface area (Å²) >= 11 is 0. The molecule has 2 amide bonds. The molecule has 0 spiro atoms. The van der Waals surface area contributed by atoms with E-state index in [9.17, 15) is 9.59 Å². The van der Waals surface area contributed by atoms with Gasteiger partial charge < -0.3 is 11.1 Å². The highest BCUT2D eigenvalue weighted by atomic mass is 16.2. The molecule has 1 atom stereocenters. The van der Waals surface area contributed by atoms with Gasteiger partial charge in [0.25, 0.3) is 0 Å². The Morgan fingerprint density at radius 2 is 1.52 bits per heavy atom. The third-order valence-electron chi connectivity index (χ3n) is 3.69. The molecule has 4 nitrogen and oxygen atoms in total. The number of primary amides is 1. The molecule has 0 aromatic heterocycles. The SMILES string of the molecule is CC(C)C(=O)N[C@@H](Cc1ccc(-c2ccccc2)cc1)C(N)=O. The van der Waals surface area contributed by atoms with Crippen molar-refractivity contribution in [2.75, 3.05) is 0 Å². The van der Waals surface area contributed by atoms with Gasteiger partial charge in [0.2, 0.25) is 11.8 Å². The maximum Gasteiger partial charge on any atom is 0.240 e. The lowest BCUT2D eigenvalue weighted by Gasteiger charge is -2.17. The molecule has 2 aromatic carbocycles. The molecule has 0 radical (unpaired) electrons. The predicted molar refractivity (Wildman–Crippen MR) is 91.5 cm³/mol. The maximum absolute atomic E-state index is 11.8. The number of nitrogens with one attached hydrogen (secondary N) is 1. The van der Waals surface area contributed by atoms with Gasteiger partial charge in [-0.05, 0) is 16.7 Å². The molecule has 0 aliphatic carbocycles. The average molecular weight is 310 g/mol. The van der Waals surface area contributed by atoms with E-state index >= 15 is 0 Å². The topological polar surface area (TPSA) is 72.2 Å². The summed E-state index contributed by atoms with van der Waals surface area (Å²) in [6.07, 6.45) is 0.392. The number of amides is 2. The summed E-state index contributed by atoms with van der Waals surface area (Å²) in [5.41, 5.74) is 8.60. The third-order valence-corrected chi connectivity index (χ3v) is 3.69. The number of hydrogen-bond donors (Lipinski definition) is 2. The van der Waals surface area contributed by atoms with Crippen LogP contribution in [-0.4, -0.2) is 17.9 Å². The molecule has 23 heavy (non-hydrogen) atoms. The van der Waals surface area contributed by atoms with Crippen molar-refractivity contribution in [2.45, 2.75) is 26.3 Å². The second kappa shape index (κ2) is 7.58. The largest absolute Gasteiger partial charge is 0.368 e. The lowest BCUT2D eigenvalue weighted by Crippen LogP contribution is -2.47. The second-order valence-electron chi connectivity index (χ2n) is 5.89. The van der Waals surface area contributed by atoms with Crippen LogP contribution in [0.25, 0.3) is 11.1 Å². The van der Waals surface area contributed by atoms with E-state index in [2.05, 4.69) is 5.32 Å². The van der Waals surface area contributed by atoms with Crippen LogP contribution in [0.2, 0.25) is 0 Å². The lowest BCUT2D eigenvalue weighted by molar-refractivity contribution is -0.129. The van der Waals surface area contributed by atoms with E-state index in [1.54, 1.807) is 13.8 Å². The summed E-state index contributed by atoms with van der Waals surface area (Å²) in [4.78, 5) is 23.3. The first kappa shape index (κ1) is 16.7. The first-order chi connectivity index (χ1) is 11.0. The van der Waals surface area contributed by atoms with Crippen molar-refractivity contribution in [1.82, 2.24) is 5.32 Å². The minimum atomic E-state index is -0.688. The van der Waals surface area contributed by atoms with Crippen LogP contribution in [0.3, 0.4) is 0 Å². The summed E-state index contributed by atoms with van der Waals surface area (Å²) in [5.74, 6) is -0.877. The van der Waals surface area contributed by atoms with Crippen LogP contribution in [0.15, 0.2) is 54.6 Å². The lowest BCUT2D eigenvalue weighted by atomic mass is 10.00. The number of hydrogen-bond acceptors (Lipinski definition) is 2. The molecule has 120 valence electrons. The molecule has 4 heteroatoms. The van der Waals surface area contributed by atoms with Gasteiger partial charge >= 0.3 is 0 Å². The highest BCUT2D eigenvalue weighted by Crippen LogP contribution is 2.19. The van der Waals surface area contributed by atoms with E-state index in [0.717, 1.165) is 16.7 Å². The van der Waals surface area contributed by atoms with Crippen molar-refractivity contribution in [1.29, 1.82) is 0 Å². The van der Waals surface area contributed by atoms with Gasteiger partial charge in [0.15, 0.2) is 0 Å². The molecular formula is C19H22N2O2. The van der Waals surface area contributed by atoms with Gasteiger partial charge in [-0.15, -0.1) is 0 Å². The number of carbonyl (C=O) groups is 2. The zero-order valence-corrected chi connectivity index (χ0v) is 13.5. The van der Waals surface area contributed by atoms with Gasteiger partial charge in [0.1, 0.15) is 6.04 Å².